The van der Waals surface area contributed by atoms with Crippen LogP contribution in [0, 0.1) is 0 Å². The van der Waals surface area contributed by atoms with Crippen molar-refractivity contribution < 1.29 is 29.7 Å². The third-order valence-corrected chi connectivity index (χ3v) is 1.81. The van der Waals surface area contributed by atoms with Gasteiger partial charge in [-0.25, -0.2) is 9.59 Å². The highest BCUT2D eigenvalue weighted by Gasteiger charge is 2.11. The molecule has 0 spiro atoms. The monoisotopic (exact) mass is 206 g/mol. The average molecular weight is 206 g/mol. The fraction of sp³-hybridized carbons (Fsp3) is 0.167. The fourth-order valence-electron chi connectivity index (χ4n) is 0.417. The van der Waals surface area contributed by atoms with Crippen LogP contribution in [-0.2, 0) is 14.4 Å². The van der Waals surface area contributed by atoms with E-state index < -0.39 is 28.6 Å². The van der Waals surface area contributed by atoms with E-state index in [2.05, 4.69) is 0 Å². The Labute approximate surface area is 76.9 Å². The molecule has 0 unspecified atom stereocenters. The molecule has 0 atom stereocenters. The van der Waals surface area contributed by atoms with Gasteiger partial charge in [0, 0.05) is 6.08 Å². The summed E-state index contributed by atoms with van der Waals surface area (Å²) < 4.78 is 0. The molecule has 0 bridgehead atoms. The summed E-state index contributed by atoms with van der Waals surface area (Å²) in [6.45, 7) is 0. The third-order valence-electron chi connectivity index (χ3n) is 0.817. The molecule has 0 heterocycles. The molecule has 6 nitrogen and oxygen atoms in total. The number of rotatable bonds is 5. The van der Waals surface area contributed by atoms with Gasteiger partial charge in [-0.15, -0.1) is 11.8 Å². The van der Waals surface area contributed by atoms with Crippen LogP contribution < -0.4 is 0 Å². The number of aliphatic carboxylic acids is 3. The zero-order chi connectivity index (χ0) is 10.4. The molecule has 0 saturated heterocycles. The van der Waals surface area contributed by atoms with E-state index in [0.29, 0.717) is 17.8 Å². The lowest BCUT2D eigenvalue weighted by atomic mass is 10.5. The van der Waals surface area contributed by atoms with Crippen molar-refractivity contribution in [1.29, 1.82) is 0 Å². The summed E-state index contributed by atoms with van der Waals surface area (Å²) in [4.78, 5) is 29.9. The van der Waals surface area contributed by atoms with Gasteiger partial charge in [0.2, 0.25) is 0 Å². The molecule has 0 aliphatic rings. The van der Waals surface area contributed by atoms with Crippen LogP contribution in [-0.4, -0.2) is 39.0 Å². The van der Waals surface area contributed by atoms with Gasteiger partial charge in [-0.05, 0) is 0 Å². The van der Waals surface area contributed by atoms with Gasteiger partial charge in [-0.1, -0.05) is 0 Å². The topological polar surface area (TPSA) is 112 Å². The van der Waals surface area contributed by atoms with Gasteiger partial charge in [0.05, 0.1) is 5.75 Å². The Bertz CT molecular complexity index is 268. The van der Waals surface area contributed by atoms with Crippen molar-refractivity contribution in [2.45, 2.75) is 0 Å². The molecule has 0 amide bonds. The Kier molecular flexibility index (Phi) is 4.60. The predicted molar refractivity (Wildman–Crippen MR) is 43.4 cm³/mol. The third kappa shape index (κ3) is 5.74. The molecule has 0 aliphatic heterocycles. The minimum Gasteiger partial charge on any atom is -0.481 e. The first-order valence-electron chi connectivity index (χ1n) is 2.96. The van der Waals surface area contributed by atoms with E-state index >= 15 is 0 Å². The maximum atomic E-state index is 10.3. The van der Waals surface area contributed by atoms with Crippen LogP contribution in [0.4, 0.5) is 0 Å². The second-order valence-electron chi connectivity index (χ2n) is 1.83. The maximum absolute atomic E-state index is 10.3. The van der Waals surface area contributed by atoms with Gasteiger partial charge in [0.15, 0.2) is 0 Å². The number of hydrogen-bond donors (Lipinski definition) is 3. The highest BCUT2D eigenvalue weighted by Crippen LogP contribution is 2.14. The summed E-state index contributed by atoms with van der Waals surface area (Å²) in [7, 11) is 0. The standard InChI is InChI=1S/C6H6O6S/c7-4(8)1-3(6(11)12)13-2-5(9)10/h1H,2H2,(H,7,8)(H,9,10)(H,11,12). The van der Waals surface area contributed by atoms with Crippen LogP contribution in [0.1, 0.15) is 0 Å². The molecule has 0 aromatic carbocycles. The van der Waals surface area contributed by atoms with Crippen LogP contribution >= 0.6 is 11.8 Å². The molecular formula is C6H6O6S. The van der Waals surface area contributed by atoms with Crippen molar-refractivity contribution in [2.24, 2.45) is 0 Å². The zero-order valence-electron chi connectivity index (χ0n) is 6.26. The molecule has 0 aliphatic carbocycles. The van der Waals surface area contributed by atoms with Crippen LogP contribution in [0.25, 0.3) is 0 Å². The van der Waals surface area contributed by atoms with E-state index in [9.17, 15) is 14.4 Å². The summed E-state index contributed by atoms with van der Waals surface area (Å²) in [5, 5.41) is 24.8. The van der Waals surface area contributed by atoms with Gasteiger partial charge in [-0.3, -0.25) is 4.79 Å². The highest BCUT2D eigenvalue weighted by atomic mass is 32.2. The molecule has 72 valence electrons. The van der Waals surface area contributed by atoms with E-state index in [1.54, 1.807) is 0 Å². The van der Waals surface area contributed by atoms with E-state index in [4.69, 9.17) is 15.3 Å². The quantitative estimate of drug-likeness (QED) is 0.536. The van der Waals surface area contributed by atoms with Crippen molar-refractivity contribution in [3.05, 3.63) is 11.0 Å². The van der Waals surface area contributed by atoms with Crippen molar-refractivity contribution >= 4 is 29.7 Å². The first-order valence-corrected chi connectivity index (χ1v) is 3.94. The molecule has 7 heteroatoms. The van der Waals surface area contributed by atoms with Gasteiger partial charge in [0.1, 0.15) is 4.91 Å². The van der Waals surface area contributed by atoms with Crippen molar-refractivity contribution in [3.8, 4) is 0 Å². The molecule has 0 radical (unpaired) electrons. The first kappa shape index (κ1) is 11.5. The fourth-order valence-corrected chi connectivity index (χ4v) is 1.00. The molecule has 0 rings (SSSR count). The Morgan fingerprint density at radius 2 is 1.69 bits per heavy atom. The van der Waals surface area contributed by atoms with Crippen LogP contribution in [0.2, 0.25) is 0 Å². The zero-order valence-corrected chi connectivity index (χ0v) is 7.08. The second kappa shape index (κ2) is 5.20. The predicted octanol–water partition coefficient (Wildman–Crippen LogP) is -0.143. The van der Waals surface area contributed by atoms with Crippen molar-refractivity contribution in [3.63, 3.8) is 0 Å². The summed E-state index contributed by atoms with van der Waals surface area (Å²) in [5.41, 5.74) is 0. The van der Waals surface area contributed by atoms with E-state index in [1.807, 2.05) is 0 Å². The number of carboxylic acids is 3. The van der Waals surface area contributed by atoms with Crippen molar-refractivity contribution in [2.75, 3.05) is 5.75 Å². The Morgan fingerprint density at radius 3 is 2.00 bits per heavy atom. The minimum absolute atomic E-state index is 0.447. The summed E-state index contributed by atoms with van der Waals surface area (Å²) in [5.74, 6) is -4.56. The summed E-state index contributed by atoms with van der Waals surface area (Å²) in [6, 6.07) is 0. The summed E-state index contributed by atoms with van der Waals surface area (Å²) >= 11 is 0.447. The van der Waals surface area contributed by atoms with E-state index in [1.165, 1.54) is 0 Å². The minimum atomic E-state index is -1.45. The van der Waals surface area contributed by atoms with Gasteiger partial charge >= 0.3 is 17.9 Å². The maximum Gasteiger partial charge on any atom is 0.342 e. The number of carboxylic acid groups (broad SMARTS) is 3. The lowest BCUT2D eigenvalue weighted by molar-refractivity contribution is -0.134. The normalized spacial score (nSPS) is 10.9. The number of carbonyl (C=O) groups is 3. The molecule has 0 saturated carbocycles. The lowest BCUT2D eigenvalue weighted by Crippen LogP contribution is -2.05. The average Bonchev–Trinajstić information content (AvgIpc) is 1.96. The number of thioether (sulfide) groups is 1. The largest absolute Gasteiger partial charge is 0.481 e. The molecule has 13 heavy (non-hydrogen) atoms. The van der Waals surface area contributed by atoms with Gasteiger partial charge in [-0.2, -0.15) is 0 Å². The Hall–Kier alpha value is -1.50. The molecule has 0 aromatic heterocycles. The summed E-state index contributed by atoms with van der Waals surface area (Å²) in [6.07, 6.45) is 0.454. The van der Waals surface area contributed by atoms with Gasteiger partial charge < -0.3 is 15.3 Å². The molecular weight excluding hydrogens is 200 g/mol. The lowest BCUT2D eigenvalue weighted by Gasteiger charge is -1.96. The smallest absolute Gasteiger partial charge is 0.342 e. The van der Waals surface area contributed by atoms with Crippen LogP contribution in [0.5, 0.6) is 0 Å². The van der Waals surface area contributed by atoms with E-state index in [0.717, 1.165) is 0 Å². The SMILES string of the molecule is O=C(O)C=C(SCC(=O)O)C(=O)O. The van der Waals surface area contributed by atoms with Crippen LogP contribution in [0.3, 0.4) is 0 Å². The Morgan fingerprint density at radius 1 is 1.15 bits per heavy atom. The number of hydrogen-bond acceptors (Lipinski definition) is 4. The first-order chi connectivity index (χ1) is 5.93. The van der Waals surface area contributed by atoms with Gasteiger partial charge in [0.25, 0.3) is 0 Å². The Balaban J connectivity index is 4.36. The second-order valence-corrected chi connectivity index (χ2v) is 2.85. The molecule has 0 aromatic rings. The highest BCUT2D eigenvalue weighted by molar-refractivity contribution is 8.04. The van der Waals surface area contributed by atoms with Crippen LogP contribution in [0.15, 0.2) is 11.0 Å². The molecule has 0 fully saturated rings. The molecule has 3 N–H and O–H groups in total. The van der Waals surface area contributed by atoms with Crippen molar-refractivity contribution in [1.82, 2.24) is 0 Å². The van der Waals surface area contributed by atoms with E-state index in [-0.39, 0.29) is 0 Å².